The van der Waals surface area contributed by atoms with Crippen LogP contribution in [0, 0.1) is 0 Å². The van der Waals surface area contributed by atoms with Crippen LogP contribution in [0.5, 0.6) is 0 Å². The van der Waals surface area contributed by atoms with Crippen LogP contribution in [0.3, 0.4) is 0 Å². The summed E-state index contributed by atoms with van der Waals surface area (Å²) < 4.78 is 1.11. The van der Waals surface area contributed by atoms with Crippen LogP contribution in [0.15, 0.2) is 53.3 Å². The first-order valence-corrected chi connectivity index (χ1v) is 6.40. The van der Waals surface area contributed by atoms with Crippen LogP contribution in [0.4, 0.5) is 0 Å². The van der Waals surface area contributed by atoms with E-state index < -0.39 is 0 Å². The maximum absolute atomic E-state index is 4.16. The van der Waals surface area contributed by atoms with Crippen molar-refractivity contribution in [3.63, 3.8) is 0 Å². The SMILES string of the molecule is CNC(Cc1ccc(Br)cc1)c1cccnc1. The van der Waals surface area contributed by atoms with E-state index >= 15 is 0 Å². The fourth-order valence-corrected chi connectivity index (χ4v) is 2.09. The van der Waals surface area contributed by atoms with Gasteiger partial charge in [-0.05, 0) is 42.8 Å². The summed E-state index contributed by atoms with van der Waals surface area (Å²) in [5.41, 5.74) is 2.54. The first-order chi connectivity index (χ1) is 8.29. The van der Waals surface area contributed by atoms with Gasteiger partial charge in [0.25, 0.3) is 0 Å². The van der Waals surface area contributed by atoms with Crippen molar-refractivity contribution in [2.24, 2.45) is 0 Å². The summed E-state index contributed by atoms with van der Waals surface area (Å²) in [6.45, 7) is 0. The highest BCUT2D eigenvalue weighted by Crippen LogP contribution is 2.18. The Bertz CT molecular complexity index is 453. The molecule has 0 radical (unpaired) electrons. The zero-order chi connectivity index (χ0) is 12.1. The second-order valence-electron chi connectivity index (χ2n) is 3.96. The summed E-state index contributed by atoms with van der Waals surface area (Å²) in [6, 6.07) is 12.8. The van der Waals surface area contributed by atoms with E-state index in [0.29, 0.717) is 6.04 Å². The minimum atomic E-state index is 0.310. The van der Waals surface area contributed by atoms with Gasteiger partial charge in [-0.2, -0.15) is 0 Å². The van der Waals surface area contributed by atoms with E-state index in [0.717, 1.165) is 10.9 Å². The van der Waals surface area contributed by atoms with Crippen LogP contribution < -0.4 is 5.32 Å². The molecule has 0 saturated heterocycles. The molecule has 0 fully saturated rings. The molecule has 0 saturated carbocycles. The highest BCUT2D eigenvalue weighted by Gasteiger charge is 2.09. The van der Waals surface area contributed by atoms with Crippen LogP contribution in [0.2, 0.25) is 0 Å². The lowest BCUT2D eigenvalue weighted by Crippen LogP contribution is -2.18. The van der Waals surface area contributed by atoms with Crippen molar-refractivity contribution < 1.29 is 0 Å². The average molecular weight is 291 g/mol. The topological polar surface area (TPSA) is 24.9 Å². The average Bonchev–Trinajstić information content (AvgIpc) is 2.39. The van der Waals surface area contributed by atoms with Gasteiger partial charge in [0.15, 0.2) is 0 Å². The van der Waals surface area contributed by atoms with Gasteiger partial charge in [-0.1, -0.05) is 34.1 Å². The first-order valence-electron chi connectivity index (χ1n) is 5.61. The number of halogens is 1. The summed E-state index contributed by atoms with van der Waals surface area (Å²) in [5, 5.41) is 3.33. The number of rotatable bonds is 4. The number of benzene rings is 1. The molecule has 1 N–H and O–H groups in total. The maximum Gasteiger partial charge on any atom is 0.0373 e. The minimum absolute atomic E-state index is 0.310. The molecule has 1 heterocycles. The number of hydrogen-bond donors (Lipinski definition) is 1. The van der Waals surface area contributed by atoms with Crippen molar-refractivity contribution in [3.8, 4) is 0 Å². The van der Waals surface area contributed by atoms with Crippen LogP contribution in [-0.2, 0) is 6.42 Å². The molecular weight excluding hydrogens is 276 g/mol. The van der Waals surface area contributed by atoms with Crippen molar-refractivity contribution in [1.82, 2.24) is 10.3 Å². The number of aromatic nitrogens is 1. The number of hydrogen-bond acceptors (Lipinski definition) is 2. The van der Waals surface area contributed by atoms with Gasteiger partial charge in [-0.25, -0.2) is 0 Å². The van der Waals surface area contributed by atoms with E-state index in [1.807, 2.05) is 19.3 Å². The number of likely N-dealkylation sites (N-methyl/N-ethyl adjacent to an activating group) is 1. The molecule has 0 amide bonds. The third-order valence-corrected chi connectivity index (χ3v) is 3.32. The van der Waals surface area contributed by atoms with Crippen molar-refractivity contribution in [1.29, 1.82) is 0 Å². The van der Waals surface area contributed by atoms with Gasteiger partial charge in [-0.3, -0.25) is 4.98 Å². The Morgan fingerprint density at radius 1 is 1.24 bits per heavy atom. The highest BCUT2D eigenvalue weighted by molar-refractivity contribution is 9.10. The quantitative estimate of drug-likeness (QED) is 0.934. The molecule has 2 aromatic rings. The molecule has 1 aromatic carbocycles. The Hall–Kier alpha value is -1.19. The molecular formula is C14H15BrN2. The van der Waals surface area contributed by atoms with Crippen LogP contribution >= 0.6 is 15.9 Å². The molecule has 0 spiro atoms. The van der Waals surface area contributed by atoms with E-state index in [9.17, 15) is 0 Å². The molecule has 2 nitrogen and oxygen atoms in total. The largest absolute Gasteiger partial charge is 0.313 e. The van der Waals surface area contributed by atoms with Crippen molar-refractivity contribution >= 4 is 15.9 Å². The second-order valence-corrected chi connectivity index (χ2v) is 4.87. The van der Waals surface area contributed by atoms with Crippen molar-refractivity contribution in [2.45, 2.75) is 12.5 Å². The molecule has 2 rings (SSSR count). The molecule has 1 atom stereocenters. The summed E-state index contributed by atoms with van der Waals surface area (Å²) in [4.78, 5) is 4.16. The Labute approximate surface area is 110 Å². The lowest BCUT2D eigenvalue weighted by molar-refractivity contribution is 0.590. The van der Waals surface area contributed by atoms with Gasteiger partial charge >= 0.3 is 0 Å². The van der Waals surface area contributed by atoms with Gasteiger partial charge in [-0.15, -0.1) is 0 Å². The molecule has 1 unspecified atom stereocenters. The Morgan fingerprint density at radius 2 is 2.00 bits per heavy atom. The van der Waals surface area contributed by atoms with Crippen molar-refractivity contribution in [2.75, 3.05) is 7.05 Å². The van der Waals surface area contributed by atoms with Crippen LogP contribution in [0.1, 0.15) is 17.2 Å². The fourth-order valence-electron chi connectivity index (χ4n) is 1.82. The van der Waals surface area contributed by atoms with Gasteiger partial charge < -0.3 is 5.32 Å². The normalized spacial score (nSPS) is 12.4. The minimum Gasteiger partial charge on any atom is -0.313 e. The van der Waals surface area contributed by atoms with E-state index in [1.54, 1.807) is 6.20 Å². The standard InChI is InChI=1S/C14H15BrN2/c1-16-14(12-3-2-8-17-10-12)9-11-4-6-13(15)7-5-11/h2-8,10,14,16H,9H2,1H3. The molecule has 88 valence electrons. The third kappa shape index (κ3) is 3.38. The maximum atomic E-state index is 4.16. The summed E-state index contributed by atoms with van der Waals surface area (Å²) in [6.07, 6.45) is 4.69. The van der Waals surface area contributed by atoms with Crippen LogP contribution in [0.25, 0.3) is 0 Å². The predicted molar refractivity (Wildman–Crippen MR) is 73.9 cm³/mol. The van der Waals surface area contributed by atoms with E-state index in [2.05, 4.69) is 56.6 Å². The molecule has 0 aliphatic heterocycles. The number of pyridine rings is 1. The lowest BCUT2D eigenvalue weighted by atomic mass is 10.0. The monoisotopic (exact) mass is 290 g/mol. The second kappa shape index (κ2) is 5.94. The fraction of sp³-hybridized carbons (Fsp3) is 0.214. The summed E-state index contributed by atoms with van der Waals surface area (Å²) in [5.74, 6) is 0. The highest BCUT2D eigenvalue weighted by atomic mass is 79.9. The molecule has 1 aromatic heterocycles. The smallest absolute Gasteiger partial charge is 0.0373 e. The Morgan fingerprint density at radius 3 is 2.59 bits per heavy atom. The Kier molecular flexibility index (Phi) is 4.29. The van der Waals surface area contributed by atoms with Gasteiger partial charge in [0, 0.05) is 22.9 Å². The third-order valence-electron chi connectivity index (χ3n) is 2.79. The number of nitrogens with one attached hydrogen (secondary N) is 1. The van der Waals surface area contributed by atoms with Gasteiger partial charge in [0.1, 0.15) is 0 Å². The lowest BCUT2D eigenvalue weighted by Gasteiger charge is -2.16. The molecule has 3 heteroatoms. The summed E-state index contributed by atoms with van der Waals surface area (Å²) in [7, 11) is 1.98. The zero-order valence-electron chi connectivity index (χ0n) is 9.73. The van der Waals surface area contributed by atoms with Crippen LogP contribution in [-0.4, -0.2) is 12.0 Å². The van der Waals surface area contributed by atoms with E-state index in [1.165, 1.54) is 11.1 Å². The summed E-state index contributed by atoms with van der Waals surface area (Å²) >= 11 is 3.45. The van der Waals surface area contributed by atoms with E-state index in [-0.39, 0.29) is 0 Å². The molecule has 0 bridgehead atoms. The predicted octanol–water partition coefficient (Wildman–Crippen LogP) is 3.35. The Balaban J connectivity index is 2.13. The van der Waals surface area contributed by atoms with Gasteiger partial charge in [0.05, 0.1) is 0 Å². The first kappa shape index (κ1) is 12.3. The molecule has 0 aliphatic carbocycles. The molecule has 17 heavy (non-hydrogen) atoms. The number of nitrogens with zero attached hydrogens (tertiary/aromatic N) is 1. The van der Waals surface area contributed by atoms with Gasteiger partial charge in [0.2, 0.25) is 0 Å². The molecule has 0 aliphatic rings. The zero-order valence-corrected chi connectivity index (χ0v) is 11.3. The van der Waals surface area contributed by atoms with E-state index in [4.69, 9.17) is 0 Å². The van der Waals surface area contributed by atoms with Crippen molar-refractivity contribution in [3.05, 3.63) is 64.4 Å².